The fourth-order valence-corrected chi connectivity index (χ4v) is 2.09. The number of carbonyl (C=O) groups excluding carboxylic acids is 1. The maximum absolute atomic E-state index is 12.6. The van der Waals surface area contributed by atoms with Crippen LogP contribution in [0.4, 0.5) is 13.2 Å². The Hall–Kier alpha value is -1.78. The molecule has 0 saturated carbocycles. The zero-order valence-electron chi connectivity index (χ0n) is 12.4. The maximum atomic E-state index is 12.6. The van der Waals surface area contributed by atoms with E-state index in [0.717, 1.165) is 12.1 Å². The molecule has 5 heteroatoms. The fourth-order valence-electron chi connectivity index (χ4n) is 2.09. The van der Waals surface area contributed by atoms with Crippen LogP contribution in [0.3, 0.4) is 0 Å². The molecule has 0 bridgehead atoms. The second kappa shape index (κ2) is 6.33. The molecule has 21 heavy (non-hydrogen) atoms. The minimum atomic E-state index is -4.38. The maximum Gasteiger partial charge on any atom is 0.416 e. The van der Waals surface area contributed by atoms with Gasteiger partial charge in [0.05, 0.1) is 5.56 Å². The van der Waals surface area contributed by atoms with E-state index in [2.05, 4.69) is 6.58 Å². The molecular formula is C16H19F3O2. The largest absolute Gasteiger partial charge is 0.451 e. The second-order valence-corrected chi connectivity index (χ2v) is 4.95. The normalized spacial score (nSPS) is 12.1. The minimum absolute atomic E-state index is 0.258. The van der Waals surface area contributed by atoms with E-state index in [9.17, 15) is 18.0 Å². The van der Waals surface area contributed by atoms with Crippen molar-refractivity contribution in [2.24, 2.45) is 0 Å². The number of halogens is 3. The SMILES string of the molecule is C=C(C)C(=O)OC(CC)(CC)c1ccc(C(F)(F)F)cc1. The van der Waals surface area contributed by atoms with Gasteiger partial charge in [0, 0.05) is 5.57 Å². The summed E-state index contributed by atoms with van der Waals surface area (Å²) in [7, 11) is 0. The molecule has 1 aromatic carbocycles. The zero-order chi connectivity index (χ0) is 16.3. The summed E-state index contributed by atoms with van der Waals surface area (Å²) in [6.45, 7) is 8.71. The van der Waals surface area contributed by atoms with Crippen LogP contribution in [0.5, 0.6) is 0 Å². The summed E-state index contributed by atoms with van der Waals surface area (Å²) >= 11 is 0. The Bertz CT molecular complexity index is 511. The summed E-state index contributed by atoms with van der Waals surface area (Å²) in [5.74, 6) is -0.543. The Kier molecular flexibility index (Phi) is 5.20. The third-order valence-electron chi connectivity index (χ3n) is 3.52. The van der Waals surface area contributed by atoms with Gasteiger partial charge in [-0.05, 0) is 37.5 Å². The van der Waals surface area contributed by atoms with Crippen LogP contribution in [0.1, 0.15) is 44.7 Å². The lowest BCUT2D eigenvalue weighted by molar-refractivity contribution is -0.157. The average molecular weight is 300 g/mol. The predicted octanol–water partition coefficient (Wildman–Crippen LogP) is 4.84. The van der Waals surface area contributed by atoms with E-state index < -0.39 is 23.3 Å². The van der Waals surface area contributed by atoms with Crippen molar-refractivity contribution in [3.8, 4) is 0 Å². The molecule has 1 aromatic rings. The molecule has 116 valence electrons. The van der Waals surface area contributed by atoms with Gasteiger partial charge in [0.15, 0.2) is 0 Å². The third kappa shape index (κ3) is 3.86. The van der Waals surface area contributed by atoms with Crippen LogP contribution < -0.4 is 0 Å². The van der Waals surface area contributed by atoms with E-state index in [1.165, 1.54) is 19.1 Å². The van der Waals surface area contributed by atoms with Crippen molar-refractivity contribution < 1.29 is 22.7 Å². The Labute approximate surface area is 122 Å². The van der Waals surface area contributed by atoms with Gasteiger partial charge in [-0.3, -0.25) is 0 Å². The highest BCUT2D eigenvalue weighted by Crippen LogP contribution is 2.36. The van der Waals surface area contributed by atoms with Crippen LogP contribution in [0.2, 0.25) is 0 Å². The van der Waals surface area contributed by atoms with Crippen molar-refractivity contribution in [2.45, 2.75) is 45.4 Å². The number of benzene rings is 1. The zero-order valence-corrected chi connectivity index (χ0v) is 12.4. The quantitative estimate of drug-likeness (QED) is 0.574. The predicted molar refractivity (Wildman–Crippen MR) is 74.6 cm³/mol. The number of alkyl halides is 3. The molecule has 2 nitrogen and oxygen atoms in total. The topological polar surface area (TPSA) is 26.3 Å². The standard InChI is InChI=1S/C16H19F3O2/c1-5-15(6-2,21-14(20)11(3)4)12-7-9-13(10-8-12)16(17,18)19/h7-10H,3,5-6H2,1-2,4H3. The summed E-state index contributed by atoms with van der Waals surface area (Å²) in [6.07, 6.45) is -3.45. The van der Waals surface area contributed by atoms with Crippen molar-refractivity contribution in [3.05, 3.63) is 47.5 Å². The molecular weight excluding hydrogens is 281 g/mol. The Morgan fingerprint density at radius 1 is 1.10 bits per heavy atom. The first kappa shape index (κ1) is 17.3. The van der Waals surface area contributed by atoms with Crippen molar-refractivity contribution >= 4 is 5.97 Å². The van der Waals surface area contributed by atoms with Crippen LogP contribution >= 0.6 is 0 Å². The highest BCUT2D eigenvalue weighted by Gasteiger charge is 2.35. The molecule has 0 unspecified atom stereocenters. The molecule has 0 aromatic heterocycles. The summed E-state index contributed by atoms with van der Waals surface area (Å²) in [4.78, 5) is 11.8. The smallest absolute Gasteiger partial charge is 0.416 e. The molecule has 0 aliphatic carbocycles. The first-order chi connectivity index (χ1) is 9.66. The van der Waals surface area contributed by atoms with Crippen LogP contribution in [0.25, 0.3) is 0 Å². The van der Waals surface area contributed by atoms with Crippen molar-refractivity contribution in [1.82, 2.24) is 0 Å². The number of hydrogen-bond acceptors (Lipinski definition) is 2. The Morgan fingerprint density at radius 3 is 1.86 bits per heavy atom. The van der Waals surface area contributed by atoms with E-state index in [-0.39, 0.29) is 5.57 Å². The number of hydrogen-bond donors (Lipinski definition) is 0. The number of rotatable bonds is 5. The molecule has 0 aliphatic rings. The summed E-state index contributed by atoms with van der Waals surface area (Å²) in [6, 6.07) is 4.73. The summed E-state index contributed by atoms with van der Waals surface area (Å²) < 4.78 is 43.3. The molecule has 0 amide bonds. The van der Waals surface area contributed by atoms with Gasteiger partial charge in [-0.1, -0.05) is 32.6 Å². The Morgan fingerprint density at radius 2 is 1.52 bits per heavy atom. The first-order valence-corrected chi connectivity index (χ1v) is 6.73. The van der Waals surface area contributed by atoms with Gasteiger partial charge in [0.25, 0.3) is 0 Å². The fraction of sp³-hybridized carbons (Fsp3) is 0.438. The van der Waals surface area contributed by atoms with Gasteiger partial charge in [-0.2, -0.15) is 13.2 Å². The molecule has 0 N–H and O–H groups in total. The van der Waals surface area contributed by atoms with Gasteiger partial charge in [0.2, 0.25) is 0 Å². The average Bonchev–Trinajstić information content (AvgIpc) is 2.43. The Balaban J connectivity index is 3.16. The number of esters is 1. The van der Waals surface area contributed by atoms with Gasteiger partial charge in [-0.15, -0.1) is 0 Å². The molecule has 0 radical (unpaired) electrons. The van der Waals surface area contributed by atoms with Crippen LogP contribution in [-0.2, 0) is 21.3 Å². The van der Waals surface area contributed by atoms with Crippen molar-refractivity contribution in [2.75, 3.05) is 0 Å². The summed E-state index contributed by atoms with van der Waals surface area (Å²) in [5.41, 5.74) is -0.845. The van der Waals surface area contributed by atoms with Gasteiger partial charge in [-0.25, -0.2) is 4.79 Å². The molecule has 0 fully saturated rings. The molecule has 0 aliphatic heterocycles. The monoisotopic (exact) mass is 300 g/mol. The highest BCUT2D eigenvalue weighted by molar-refractivity contribution is 5.87. The van der Waals surface area contributed by atoms with Crippen LogP contribution in [0.15, 0.2) is 36.4 Å². The molecule has 0 spiro atoms. The van der Waals surface area contributed by atoms with Crippen molar-refractivity contribution in [1.29, 1.82) is 0 Å². The number of ether oxygens (including phenoxy) is 1. The van der Waals surface area contributed by atoms with E-state index in [4.69, 9.17) is 4.74 Å². The molecule has 0 heterocycles. The van der Waals surface area contributed by atoms with Gasteiger partial charge >= 0.3 is 12.1 Å². The van der Waals surface area contributed by atoms with Gasteiger partial charge in [0.1, 0.15) is 5.60 Å². The highest BCUT2D eigenvalue weighted by atomic mass is 19.4. The lowest BCUT2D eigenvalue weighted by Gasteiger charge is -2.32. The van der Waals surface area contributed by atoms with Crippen LogP contribution in [-0.4, -0.2) is 5.97 Å². The van der Waals surface area contributed by atoms with E-state index >= 15 is 0 Å². The molecule has 0 saturated heterocycles. The molecule has 1 rings (SSSR count). The van der Waals surface area contributed by atoms with Crippen LogP contribution in [0, 0.1) is 0 Å². The lowest BCUT2D eigenvalue weighted by Crippen LogP contribution is -2.31. The van der Waals surface area contributed by atoms with Gasteiger partial charge < -0.3 is 4.74 Å². The minimum Gasteiger partial charge on any atom is -0.451 e. The van der Waals surface area contributed by atoms with Crippen molar-refractivity contribution in [3.63, 3.8) is 0 Å². The van der Waals surface area contributed by atoms with E-state index in [0.29, 0.717) is 18.4 Å². The second-order valence-electron chi connectivity index (χ2n) is 4.95. The van der Waals surface area contributed by atoms with E-state index in [1.807, 2.05) is 13.8 Å². The summed E-state index contributed by atoms with van der Waals surface area (Å²) in [5, 5.41) is 0. The number of carbonyl (C=O) groups is 1. The first-order valence-electron chi connectivity index (χ1n) is 6.73. The lowest BCUT2D eigenvalue weighted by atomic mass is 9.87. The van der Waals surface area contributed by atoms with E-state index in [1.54, 1.807) is 0 Å². The third-order valence-corrected chi connectivity index (χ3v) is 3.52. The molecule has 0 atom stereocenters.